The van der Waals surface area contributed by atoms with Crippen LogP contribution < -0.4 is 5.73 Å². The number of nitrogen functional groups attached to an aromatic ring is 1. The van der Waals surface area contributed by atoms with E-state index in [1.165, 1.54) is 18.9 Å². The summed E-state index contributed by atoms with van der Waals surface area (Å²) in [5, 5.41) is 0. The maximum atomic E-state index is 13.0. The highest BCUT2D eigenvalue weighted by Crippen LogP contribution is 2.36. The van der Waals surface area contributed by atoms with Gasteiger partial charge in [0.2, 0.25) is 0 Å². The van der Waals surface area contributed by atoms with Gasteiger partial charge in [-0.05, 0) is 43.4 Å². The molecule has 76 valence electrons. The fourth-order valence-corrected chi connectivity index (χ4v) is 2.56. The molecule has 1 nitrogen and oxygen atoms in total. The van der Waals surface area contributed by atoms with Crippen molar-refractivity contribution in [2.24, 2.45) is 5.92 Å². The molecule has 0 atom stereocenters. The Labute approximate surface area is 87.9 Å². The number of aryl methyl sites for hydroxylation is 1. The third-order valence-corrected chi connectivity index (χ3v) is 3.85. The van der Waals surface area contributed by atoms with E-state index in [1.807, 2.05) is 6.92 Å². The van der Waals surface area contributed by atoms with Crippen LogP contribution in [-0.2, 0) is 0 Å². The molecule has 2 rings (SSSR count). The predicted octanol–water partition coefficient (Wildman–Crippen LogP) is 3.22. The van der Waals surface area contributed by atoms with Crippen molar-refractivity contribution >= 4 is 17.4 Å². The molecular weight excluding hydrogens is 197 g/mol. The highest BCUT2D eigenvalue weighted by Gasteiger charge is 2.21. The topological polar surface area (TPSA) is 26.0 Å². The van der Waals surface area contributed by atoms with Crippen LogP contribution in [0.4, 0.5) is 10.1 Å². The lowest BCUT2D eigenvalue weighted by Crippen LogP contribution is -1.93. The van der Waals surface area contributed by atoms with Gasteiger partial charge in [0.15, 0.2) is 0 Å². The number of halogens is 1. The highest BCUT2D eigenvalue weighted by atomic mass is 32.2. The third-order valence-electron chi connectivity index (χ3n) is 2.47. The van der Waals surface area contributed by atoms with Crippen LogP contribution in [0.3, 0.4) is 0 Å². The molecule has 0 radical (unpaired) electrons. The molecule has 1 aliphatic rings. The average Bonchev–Trinajstić information content (AvgIpc) is 2.92. The average molecular weight is 211 g/mol. The molecule has 0 bridgehead atoms. The van der Waals surface area contributed by atoms with Gasteiger partial charge in [0.25, 0.3) is 0 Å². The molecule has 14 heavy (non-hydrogen) atoms. The Morgan fingerprint density at radius 1 is 1.50 bits per heavy atom. The molecular formula is C11H14FNS. The Morgan fingerprint density at radius 3 is 2.86 bits per heavy atom. The number of nitrogens with two attached hydrogens (primary N) is 1. The summed E-state index contributed by atoms with van der Waals surface area (Å²) in [7, 11) is 0. The van der Waals surface area contributed by atoms with Crippen molar-refractivity contribution in [1.82, 2.24) is 0 Å². The van der Waals surface area contributed by atoms with Crippen molar-refractivity contribution in [3.8, 4) is 0 Å². The van der Waals surface area contributed by atoms with Crippen LogP contribution in [0.1, 0.15) is 18.4 Å². The van der Waals surface area contributed by atoms with E-state index in [2.05, 4.69) is 0 Å². The van der Waals surface area contributed by atoms with Crippen LogP contribution in [0.2, 0.25) is 0 Å². The Hall–Kier alpha value is -0.700. The molecule has 0 spiro atoms. The van der Waals surface area contributed by atoms with Crippen molar-refractivity contribution in [1.29, 1.82) is 0 Å². The first-order valence-corrected chi connectivity index (χ1v) is 5.84. The quantitative estimate of drug-likeness (QED) is 0.613. The first-order chi connectivity index (χ1) is 6.66. The molecule has 1 fully saturated rings. The summed E-state index contributed by atoms with van der Waals surface area (Å²) in [5.74, 6) is 1.72. The minimum atomic E-state index is -0.307. The van der Waals surface area contributed by atoms with Crippen molar-refractivity contribution < 1.29 is 4.39 Å². The standard InChI is InChI=1S/C11H14FNS/c1-7-4-9(12)10(13)5-11(7)14-6-8-2-3-8/h4-5,8H,2-3,6,13H2,1H3. The molecule has 3 heteroatoms. The lowest BCUT2D eigenvalue weighted by molar-refractivity contribution is 0.630. The molecule has 0 amide bonds. The van der Waals surface area contributed by atoms with Crippen LogP contribution in [-0.4, -0.2) is 5.75 Å². The number of rotatable bonds is 3. The molecule has 0 saturated heterocycles. The van der Waals surface area contributed by atoms with Gasteiger partial charge in [-0.15, -0.1) is 11.8 Å². The summed E-state index contributed by atoms with van der Waals surface area (Å²) in [6.07, 6.45) is 2.70. The summed E-state index contributed by atoms with van der Waals surface area (Å²) in [4.78, 5) is 1.12. The van der Waals surface area contributed by atoms with Gasteiger partial charge in [-0.25, -0.2) is 4.39 Å². The van der Waals surface area contributed by atoms with Gasteiger partial charge in [0.1, 0.15) is 5.82 Å². The SMILES string of the molecule is Cc1cc(F)c(N)cc1SCC1CC1. The van der Waals surface area contributed by atoms with Crippen molar-refractivity contribution in [2.75, 3.05) is 11.5 Å². The summed E-state index contributed by atoms with van der Waals surface area (Å²) >= 11 is 1.79. The van der Waals surface area contributed by atoms with Gasteiger partial charge < -0.3 is 5.73 Å². The molecule has 0 aromatic heterocycles. The second-order valence-corrected chi connectivity index (χ2v) is 4.96. The van der Waals surface area contributed by atoms with Crippen molar-refractivity contribution in [3.05, 3.63) is 23.5 Å². The van der Waals surface area contributed by atoms with E-state index in [4.69, 9.17) is 5.73 Å². The van der Waals surface area contributed by atoms with E-state index in [0.717, 1.165) is 22.1 Å². The van der Waals surface area contributed by atoms with E-state index in [9.17, 15) is 4.39 Å². The van der Waals surface area contributed by atoms with Gasteiger partial charge >= 0.3 is 0 Å². The number of hydrogen-bond acceptors (Lipinski definition) is 2. The van der Waals surface area contributed by atoms with Gasteiger partial charge in [-0.3, -0.25) is 0 Å². The summed E-state index contributed by atoms with van der Waals surface area (Å²) in [6.45, 7) is 1.93. The second-order valence-electron chi connectivity index (χ2n) is 3.89. The molecule has 1 aliphatic carbocycles. The molecule has 2 N–H and O–H groups in total. The highest BCUT2D eigenvalue weighted by molar-refractivity contribution is 7.99. The molecule has 1 aromatic carbocycles. The Kier molecular flexibility index (Phi) is 2.68. The lowest BCUT2D eigenvalue weighted by atomic mass is 10.2. The fourth-order valence-electron chi connectivity index (χ4n) is 1.32. The summed E-state index contributed by atoms with van der Waals surface area (Å²) in [5.41, 5.74) is 6.77. The Bertz CT molecular complexity index is 347. The van der Waals surface area contributed by atoms with E-state index < -0.39 is 0 Å². The molecule has 1 saturated carbocycles. The number of anilines is 1. The van der Waals surface area contributed by atoms with Crippen molar-refractivity contribution in [3.63, 3.8) is 0 Å². The van der Waals surface area contributed by atoms with Crippen LogP contribution >= 0.6 is 11.8 Å². The van der Waals surface area contributed by atoms with E-state index in [1.54, 1.807) is 17.8 Å². The van der Waals surface area contributed by atoms with Crippen LogP contribution in [0.15, 0.2) is 17.0 Å². The first kappa shape index (κ1) is 9.84. The number of hydrogen-bond donors (Lipinski definition) is 1. The predicted molar refractivity (Wildman–Crippen MR) is 59.0 cm³/mol. The maximum absolute atomic E-state index is 13.0. The monoisotopic (exact) mass is 211 g/mol. The van der Waals surface area contributed by atoms with Gasteiger partial charge in [-0.2, -0.15) is 0 Å². The molecule has 0 unspecified atom stereocenters. The maximum Gasteiger partial charge on any atom is 0.146 e. The first-order valence-electron chi connectivity index (χ1n) is 4.85. The Morgan fingerprint density at radius 2 is 2.21 bits per heavy atom. The number of thioether (sulfide) groups is 1. The zero-order valence-electron chi connectivity index (χ0n) is 8.22. The minimum Gasteiger partial charge on any atom is -0.396 e. The van der Waals surface area contributed by atoms with Crippen LogP contribution in [0.25, 0.3) is 0 Å². The molecule has 0 aliphatic heterocycles. The van der Waals surface area contributed by atoms with Crippen LogP contribution in [0, 0.1) is 18.7 Å². The number of benzene rings is 1. The zero-order chi connectivity index (χ0) is 10.1. The van der Waals surface area contributed by atoms with E-state index >= 15 is 0 Å². The lowest BCUT2D eigenvalue weighted by Gasteiger charge is -2.06. The summed E-state index contributed by atoms with van der Waals surface area (Å²) in [6, 6.07) is 3.27. The normalized spacial score (nSPS) is 15.9. The van der Waals surface area contributed by atoms with Gasteiger partial charge in [-0.1, -0.05) is 0 Å². The van der Waals surface area contributed by atoms with E-state index in [-0.39, 0.29) is 11.5 Å². The summed E-state index contributed by atoms with van der Waals surface area (Å²) < 4.78 is 13.0. The van der Waals surface area contributed by atoms with E-state index in [0.29, 0.717) is 0 Å². The van der Waals surface area contributed by atoms with Crippen LogP contribution in [0.5, 0.6) is 0 Å². The smallest absolute Gasteiger partial charge is 0.146 e. The van der Waals surface area contributed by atoms with Gasteiger partial charge in [0, 0.05) is 10.6 Å². The van der Waals surface area contributed by atoms with Gasteiger partial charge in [0.05, 0.1) is 5.69 Å². The largest absolute Gasteiger partial charge is 0.396 e. The van der Waals surface area contributed by atoms with Crippen molar-refractivity contribution in [2.45, 2.75) is 24.7 Å². The third kappa shape index (κ3) is 2.21. The molecule has 0 heterocycles. The fraction of sp³-hybridized carbons (Fsp3) is 0.455. The second kappa shape index (κ2) is 3.81. The molecule has 1 aromatic rings. The minimum absolute atomic E-state index is 0.258. The Balaban J connectivity index is 2.10. The zero-order valence-corrected chi connectivity index (χ0v) is 9.03.